The van der Waals surface area contributed by atoms with Gasteiger partial charge in [-0.25, -0.2) is 39.7 Å². The third-order valence-corrected chi connectivity index (χ3v) is 29.1. The van der Waals surface area contributed by atoms with Crippen LogP contribution in [0, 0.1) is 0 Å². The number of nitrogens with two attached hydrogens (primary N) is 2. The van der Waals surface area contributed by atoms with Crippen LogP contribution in [-0.2, 0) is 64.4 Å². The number of ketones is 1. The molecular formula is C97H130BCl8F6N17O12. The van der Waals surface area contributed by atoms with Gasteiger partial charge in [0.1, 0.15) is 78.2 Å². The third-order valence-electron chi connectivity index (χ3n) is 27.7. The molecule has 13 saturated heterocycles. The molecule has 141 heavy (non-hydrogen) atoms. The Balaban J connectivity index is 0.000000150. The molecule has 776 valence electrons. The highest BCUT2D eigenvalue weighted by Crippen LogP contribution is 2.43. The molecule has 44 heteroatoms. The highest BCUT2D eigenvalue weighted by Gasteiger charge is 2.53. The molecule has 0 spiro atoms. The number of piperidine rings is 5. The number of Topliss-reactive ketones (excluding diaryl/α,β-unsaturated/α-hetero) is 1. The first-order chi connectivity index (χ1) is 66.5. The second-order valence-corrected chi connectivity index (χ2v) is 41.9. The van der Waals surface area contributed by atoms with Crippen molar-refractivity contribution >= 4 is 141 Å². The maximum absolute atomic E-state index is 13.4. The molecule has 7 aromatic heterocycles. The molecule has 20 heterocycles. The molecule has 0 atom stereocenters. The average molecular weight is 2130 g/mol. The van der Waals surface area contributed by atoms with Gasteiger partial charge in [0.05, 0.1) is 104 Å². The van der Waals surface area contributed by atoms with Crippen LogP contribution in [0.25, 0.3) is 11.3 Å². The molecule has 13 aliphatic heterocycles. The number of carbonyl (C=O) groups excluding carboxylic acids is 2. The number of rotatable bonds is 15. The fourth-order valence-electron chi connectivity index (χ4n) is 17.9. The summed E-state index contributed by atoms with van der Waals surface area (Å²) in [6, 6.07) is 23.5. The summed E-state index contributed by atoms with van der Waals surface area (Å²) in [7, 11) is 4.29. The molecule has 0 unspecified atom stereocenters. The van der Waals surface area contributed by atoms with Gasteiger partial charge in [-0.3, -0.25) is 19.5 Å². The Morgan fingerprint density at radius 2 is 0.780 bits per heavy atom. The second kappa shape index (κ2) is 51.5. The van der Waals surface area contributed by atoms with E-state index in [0.717, 1.165) is 204 Å². The lowest BCUT2D eigenvalue weighted by Gasteiger charge is -2.42. The first-order valence-electron chi connectivity index (χ1n) is 47.8. The monoisotopic (exact) mass is 2130 g/mol. The van der Waals surface area contributed by atoms with Crippen LogP contribution in [0.15, 0.2) is 85.2 Å². The lowest BCUT2D eigenvalue weighted by molar-refractivity contribution is -0.140. The normalized spacial score (nSPS) is 21.0. The van der Waals surface area contributed by atoms with Gasteiger partial charge in [-0.1, -0.05) is 81.2 Å². The van der Waals surface area contributed by atoms with Gasteiger partial charge in [0.25, 0.3) is 0 Å². The maximum atomic E-state index is 13.4. The van der Waals surface area contributed by atoms with Gasteiger partial charge in [0.15, 0.2) is 5.78 Å². The minimum Gasteiger partial charge on any atom is -0.444 e. The van der Waals surface area contributed by atoms with Crippen molar-refractivity contribution in [2.24, 2.45) is 0 Å². The summed E-state index contributed by atoms with van der Waals surface area (Å²) in [4.78, 5) is 64.0. The molecule has 20 rings (SSSR count). The molecule has 6 N–H and O–H groups in total. The number of pyridine rings is 7. The number of nitrogens with one attached hydrogen (secondary N) is 2. The number of hydrogen-bond acceptors (Lipinski definition) is 28. The van der Waals surface area contributed by atoms with Gasteiger partial charge in [0, 0.05) is 97.1 Å². The Morgan fingerprint density at radius 1 is 0.447 bits per heavy atom. The number of nitrogens with zero attached hydrogens (tertiary/aromatic N) is 13. The molecule has 0 aliphatic carbocycles. The molecule has 29 nitrogen and oxygen atoms in total. The number of amides is 1. The largest absolute Gasteiger partial charge is 0.496 e. The number of aromatic nitrogens is 7. The quantitative estimate of drug-likeness (QED) is 0.0421. The fourth-order valence-corrected chi connectivity index (χ4v) is 19.6. The second-order valence-electron chi connectivity index (χ2n) is 39.1. The molecular weight excluding hydrogens is 2000 g/mol. The molecule has 0 aromatic carbocycles. The summed E-state index contributed by atoms with van der Waals surface area (Å²) in [6.07, 6.45) is 4.94. The zero-order valence-electron chi connectivity index (χ0n) is 81.2. The van der Waals surface area contributed by atoms with Crippen molar-refractivity contribution in [3.8, 4) is 11.3 Å². The van der Waals surface area contributed by atoms with E-state index in [1.54, 1.807) is 26.2 Å². The van der Waals surface area contributed by atoms with Crippen LogP contribution in [0.3, 0.4) is 0 Å². The number of halogens is 14. The van der Waals surface area contributed by atoms with Crippen molar-refractivity contribution in [2.75, 3.05) is 200 Å². The molecule has 0 radical (unpaired) electrons. The standard InChI is InChI=1S/C23H28F3N5O2.C17H24ClN3O2.C15H20Cl2N2O2.C13H16Cl2N2O.C12H16BF3N2O2.C10H12Cl2N2.C4H9NO.C3H4O2.ClH/c1-32-18-10-31(11-18)21-8-15(14-2-4-30(5-3-14)17-12-33-13-17)7-20(29-21)16-6-19(23(24,25)26)22(27)28-9-16;1-22-15-8-21(9-15)17-7-13(6-16(18)19-17)12-2-4-20(5-3-12)14-10-23-11-14;1-15(2,3)21-14(20)19-6-4-10(5-7-19)11-8-12(16)18-13(17)9-11;14-12-5-10(6-13(15)16-12)9-1-3-17(4-2-9)11-7-18-8-11;1-10(2)11(3,4)20-13(19-10)7-5-8(12(14,15)16)9(17)18-6-7;11-9-5-8(6-10(12)14-9)7-1-3-13-4-2-7;1-6-4-2-5-3-4;4-3-1-5-2-3;/h6-9,14,17-18H,2-5,10-13H2,1H3,(H2,27,28);6-7,12,14-15H,2-5,8-11H2,1H3;8-10H,4-7H2,1-3H3;5-6,9,11H,1-4,7-8H2;5-6H,1-4H3,(H2,17,18);5-7,13H,1-4H2;4-5H,2-3H2,1H3;1-2H2;1H. The van der Waals surface area contributed by atoms with Crippen LogP contribution in [-0.4, -0.2) is 306 Å². The van der Waals surface area contributed by atoms with Crippen molar-refractivity contribution in [1.82, 2.24) is 65.1 Å². The highest BCUT2D eigenvalue weighted by molar-refractivity contribution is 6.62. The molecule has 0 bridgehead atoms. The number of methoxy groups -OCH3 is 3. The lowest BCUT2D eigenvalue weighted by atomic mass is 9.79. The predicted octanol–water partition coefficient (Wildman–Crippen LogP) is 17.2. The Morgan fingerprint density at radius 3 is 1.10 bits per heavy atom. The van der Waals surface area contributed by atoms with E-state index in [0.29, 0.717) is 147 Å². The number of likely N-dealkylation sites (tertiary alicyclic amines) is 4. The van der Waals surface area contributed by atoms with E-state index < -0.39 is 59.0 Å². The van der Waals surface area contributed by atoms with E-state index in [1.165, 1.54) is 41.9 Å². The SMILES string of the molecule is CC(C)(C)OC(=O)N1CCC(c2cc(Cl)nc(Cl)c2)CC1.CC1(C)OB(c2cnc(N)c(C(F)(F)F)c2)OC1(C)C.COC1CN(c2cc(C3CCN(C4COC4)CC3)cc(-c3cnc(N)c(C(F)(F)F)c3)n2)C1.COC1CN(c2cc(C3CCN(C4COC4)CC3)cc(Cl)n2)C1.COC1CNC1.Cl.Clc1cc(C2CCN(C3COC3)CC2)cc(Cl)n1.Clc1cc(C2CCNCC2)cc(Cl)n1.O=C1COC1. The summed E-state index contributed by atoms with van der Waals surface area (Å²) in [5.74, 6) is 3.28. The highest BCUT2D eigenvalue weighted by atomic mass is 35.5. The smallest absolute Gasteiger partial charge is 0.444 e. The van der Waals surface area contributed by atoms with E-state index in [2.05, 4.69) is 81.9 Å². The first kappa shape index (κ1) is 113. The molecule has 0 saturated carbocycles. The van der Waals surface area contributed by atoms with Gasteiger partial charge in [0.2, 0.25) is 0 Å². The summed E-state index contributed by atoms with van der Waals surface area (Å²) in [5, 5.41) is 9.81. The topological polar surface area (TPSA) is 312 Å². The van der Waals surface area contributed by atoms with Gasteiger partial charge in [-0.15, -0.1) is 12.4 Å². The lowest BCUT2D eigenvalue weighted by Crippen LogP contribution is -2.52. The van der Waals surface area contributed by atoms with Gasteiger partial charge < -0.3 is 84.0 Å². The Labute approximate surface area is 863 Å². The predicted molar refractivity (Wildman–Crippen MR) is 540 cm³/mol. The van der Waals surface area contributed by atoms with E-state index in [9.17, 15) is 35.9 Å². The summed E-state index contributed by atoms with van der Waals surface area (Å²) in [5.41, 5.74) is 14.1. The summed E-state index contributed by atoms with van der Waals surface area (Å²) >= 11 is 41.8. The van der Waals surface area contributed by atoms with Gasteiger partial charge in [-0.2, -0.15) is 26.3 Å². The van der Waals surface area contributed by atoms with Gasteiger partial charge >= 0.3 is 25.6 Å². The van der Waals surface area contributed by atoms with Crippen LogP contribution in [0.2, 0.25) is 36.1 Å². The van der Waals surface area contributed by atoms with E-state index in [4.69, 9.17) is 140 Å². The number of carbonyl (C=O) groups is 2. The van der Waals surface area contributed by atoms with Crippen molar-refractivity contribution in [3.05, 3.63) is 160 Å². The van der Waals surface area contributed by atoms with E-state index in [-0.39, 0.29) is 35.9 Å². The van der Waals surface area contributed by atoms with Crippen LogP contribution < -0.4 is 37.4 Å². The number of nitrogen functional groups attached to an aromatic ring is 2. The van der Waals surface area contributed by atoms with E-state index in [1.807, 2.05) is 97.0 Å². The number of anilines is 4. The minimum atomic E-state index is -4.57. The van der Waals surface area contributed by atoms with Crippen LogP contribution in [0.5, 0.6) is 0 Å². The molecule has 7 aromatic rings. The van der Waals surface area contributed by atoms with Crippen molar-refractivity contribution in [2.45, 2.75) is 208 Å². The first-order valence-corrected chi connectivity index (χ1v) is 50.4. The molecule has 13 fully saturated rings. The summed E-state index contributed by atoms with van der Waals surface area (Å²) < 4.78 is 132. The Kier molecular flexibility index (Phi) is 41.4. The number of alkyl halides is 6. The zero-order chi connectivity index (χ0) is 101. The number of hydrogen-bond donors (Lipinski definition) is 4. The van der Waals surface area contributed by atoms with Crippen molar-refractivity contribution in [1.29, 1.82) is 0 Å². The van der Waals surface area contributed by atoms with Crippen LogP contribution >= 0.6 is 93.6 Å². The third kappa shape index (κ3) is 32.3. The Hall–Kier alpha value is -6.41. The van der Waals surface area contributed by atoms with Gasteiger partial charge in [-0.05, 0) is 295 Å². The maximum Gasteiger partial charge on any atom is 0.496 e. The molecule has 1 amide bonds. The van der Waals surface area contributed by atoms with Crippen LogP contribution in [0.1, 0.15) is 181 Å². The van der Waals surface area contributed by atoms with Crippen molar-refractivity contribution in [3.63, 3.8) is 0 Å². The minimum absolute atomic E-state index is 0. The van der Waals surface area contributed by atoms with E-state index >= 15 is 0 Å². The average Bonchev–Trinajstić information content (AvgIpc) is 1.14. The molecule has 13 aliphatic rings. The van der Waals surface area contributed by atoms with Crippen LogP contribution in [0.4, 0.5) is 54.4 Å². The van der Waals surface area contributed by atoms with Crippen molar-refractivity contribution < 1.29 is 83.1 Å². The Bertz CT molecular complexity index is 5130. The zero-order valence-corrected chi connectivity index (χ0v) is 87.3. The summed E-state index contributed by atoms with van der Waals surface area (Å²) in [6.45, 7) is 34.2. The fraction of sp³-hybridized carbons (Fsp3) is 0.619. The number of ether oxygens (including phenoxy) is 8.